The molecule has 8 nitrogen and oxygen atoms in total. The van der Waals surface area contributed by atoms with Crippen LogP contribution in [0, 0.1) is 5.41 Å². The van der Waals surface area contributed by atoms with Gasteiger partial charge in [0.1, 0.15) is 11.6 Å². The molecule has 1 saturated carbocycles. The Bertz CT molecular complexity index is 1010. The molecule has 1 aliphatic rings. The highest BCUT2D eigenvalue weighted by atomic mass is 16.5. The molecule has 2 heterocycles. The number of H-pyrrole nitrogens is 1. The number of ether oxygens (including phenoxy) is 1. The number of aromatic amines is 1. The summed E-state index contributed by atoms with van der Waals surface area (Å²) >= 11 is 0. The van der Waals surface area contributed by atoms with Crippen LogP contribution < -0.4 is 10.6 Å². The first kappa shape index (κ1) is 18.7. The first-order valence-electron chi connectivity index (χ1n) is 9.49. The van der Waals surface area contributed by atoms with Gasteiger partial charge in [-0.2, -0.15) is 10.1 Å². The van der Waals surface area contributed by atoms with Crippen LogP contribution in [0.15, 0.2) is 60.5 Å². The molecule has 8 heteroatoms. The molecule has 29 heavy (non-hydrogen) atoms. The second-order valence-corrected chi connectivity index (χ2v) is 6.82. The summed E-state index contributed by atoms with van der Waals surface area (Å²) in [5.74, 6) is 3.08. The van der Waals surface area contributed by atoms with E-state index in [-0.39, 0.29) is 0 Å². The predicted octanol–water partition coefficient (Wildman–Crippen LogP) is 3.83. The number of rotatable bonds is 9. The Hall–Kier alpha value is -3.68. The highest BCUT2D eigenvalue weighted by Crippen LogP contribution is 2.39. The van der Waals surface area contributed by atoms with Gasteiger partial charge in [0, 0.05) is 30.0 Å². The van der Waals surface area contributed by atoms with Gasteiger partial charge < -0.3 is 20.8 Å². The second kappa shape index (κ2) is 8.55. The molecule has 1 aliphatic carbocycles. The van der Waals surface area contributed by atoms with Gasteiger partial charge >= 0.3 is 0 Å². The van der Waals surface area contributed by atoms with Crippen LogP contribution >= 0.6 is 0 Å². The summed E-state index contributed by atoms with van der Waals surface area (Å²) in [4.78, 5) is 8.70. The highest BCUT2D eigenvalue weighted by molar-refractivity contribution is 6.06. The maximum absolute atomic E-state index is 8.21. The Morgan fingerprint density at radius 3 is 2.83 bits per heavy atom. The number of hydrogen-bond acceptors (Lipinski definition) is 7. The molecule has 0 bridgehead atoms. The largest absolute Gasteiger partial charge is 0.499 e. The van der Waals surface area contributed by atoms with Crippen LogP contribution in [0.1, 0.15) is 30.0 Å². The smallest absolute Gasteiger partial charge is 0.224 e. The van der Waals surface area contributed by atoms with Crippen molar-refractivity contribution in [2.75, 3.05) is 24.3 Å². The molecule has 4 N–H and O–H groups in total. The molecular formula is C21H23N7O. The van der Waals surface area contributed by atoms with E-state index in [4.69, 9.17) is 10.1 Å². The van der Waals surface area contributed by atoms with E-state index in [2.05, 4.69) is 30.8 Å². The van der Waals surface area contributed by atoms with Gasteiger partial charge in [0.05, 0.1) is 19.4 Å². The standard InChI is InChI=1S/C21H23N7O/c1-29-16(11-17(22)14-5-3-2-4-6-14)13-24-21-23-10-9-19(26-21)25-20-12-18(27-28-20)15-7-8-15/h2-6,9-12,15,22H,7-8,13H2,1H3,(H3,23,24,25,26,27,28)/b16-11-,22-17?. The van der Waals surface area contributed by atoms with E-state index in [0.717, 1.165) is 17.1 Å². The van der Waals surface area contributed by atoms with E-state index in [1.807, 2.05) is 36.4 Å². The Balaban J connectivity index is 1.37. The fraction of sp³-hybridized carbons (Fsp3) is 0.238. The van der Waals surface area contributed by atoms with Crippen molar-refractivity contribution in [1.82, 2.24) is 20.2 Å². The molecule has 0 unspecified atom stereocenters. The van der Waals surface area contributed by atoms with Crippen LogP contribution in [0.3, 0.4) is 0 Å². The minimum Gasteiger partial charge on any atom is -0.499 e. The normalized spacial score (nSPS) is 13.8. The van der Waals surface area contributed by atoms with E-state index in [1.165, 1.54) is 12.8 Å². The van der Waals surface area contributed by atoms with Gasteiger partial charge in [-0.25, -0.2) is 4.98 Å². The lowest BCUT2D eigenvalue weighted by molar-refractivity contribution is 0.290. The van der Waals surface area contributed by atoms with Gasteiger partial charge in [-0.15, -0.1) is 0 Å². The molecule has 0 amide bonds. The van der Waals surface area contributed by atoms with Crippen LogP contribution in [-0.4, -0.2) is 39.5 Å². The van der Waals surface area contributed by atoms with Gasteiger partial charge in [-0.05, 0) is 24.5 Å². The fourth-order valence-corrected chi connectivity index (χ4v) is 2.86. The van der Waals surface area contributed by atoms with Gasteiger partial charge in [-0.1, -0.05) is 30.3 Å². The van der Waals surface area contributed by atoms with Crippen molar-refractivity contribution in [1.29, 1.82) is 5.41 Å². The molecule has 0 saturated heterocycles. The zero-order chi connectivity index (χ0) is 20.1. The third-order valence-electron chi connectivity index (χ3n) is 4.60. The van der Waals surface area contributed by atoms with Gasteiger partial charge in [0.2, 0.25) is 5.95 Å². The topological polar surface area (TPSA) is 112 Å². The Morgan fingerprint density at radius 2 is 2.07 bits per heavy atom. The summed E-state index contributed by atoms with van der Waals surface area (Å²) in [6.07, 6.45) is 5.81. The molecule has 0 aliphatic heterocycles. The van der Waals surface area contributed by atoms with Crippen molar-refractivity contribution < 1.29 is 4.74 Å². The lowest BCUT2D eigenvalue weighted by Crippen LogP contribution is -2.11. The molecule has 2 aromatic heterocycles. The van der Waals surface area contributed by atoms with Gasteiger partial charge in [-0.3, -0.25) is 5.10 Å². The quantitative estimate of drug-likeness (QED) is 0.327. The molecule has 1 fully saturated rings. The number of anilines is 3. The fourth-order valence-electron chi connectivity index (χ4n) is 2.86. The third kappa shape index (κ3) is 4.98. The Kier molecular flexibility index (Phi) is 5.51. The number of methoxy groups -OCH3 is 1. The van der Waals surface area contributed by atoms with E-state index in [1.54, 1.807) is 25.4 Å². The monoisotopic (exact) mass is 389 g/mol. The van der Waals surface area contributed by atoms with Crippen LogP contribution in [0.5, 0.6) is 0 Å². The number of allylic oxidation sites excluding steroid dienone is 1. The number of benzene rings is 1. The van der Waals surface area contributed by atoms with E-state index >= 15 is 0 Å². The van der Waals surface area contributed by atoms with E-state index in [0.29, 0.717) is 35.7 Å². The summed E-state index contributed by atoms with van der Waals surface area (Å²) in [6.45, 7) is 0.364. The van der Waals surface area contributed by atoms with Crippen molar-refractivity contribution in [3.8, 4) is 0 Å². The first-order valence-corrected chi connectivity index (χ1v) is 9.49. The summed E-state index contributed by atoms with van der Waals surface area (Å²) < 4.78 is 5.39. The maximum Gasteiger partial charge on any atom is 0.224 e. The highest BCUT2D eigenvalue weighted by Gasteiger charge is 2.25. The SMILES string of the molecule is CO/C(=C\C(=N)c1ccccc1)CNc1nccc(Nc2cc(C3CC3)[nH]n2)n1. The average molecular weight is 389 g/mol. The molecule has 4 rings (SSSR count). The predicted molar refractivity (Wildman–Crippen MR) is 113 cm³/mol. The van der Waals surface area contributed by atoms with E-state index in [9.17, 15) is 0 Å². The molecule has 0 atom stereocenters. The third-order valence-corrected chi connectivity index (χ3v) is 4.60. The van der Waals surface area contributed by atoms with Crippen LogP contribution in [0.25, 0.3) is 0 Å². The van der Waals surface area contributed by atoms with Crippen LogP contribution in [0.4, 0.5) is 17.6 Å². The molecule has 1 aromatic carbocycles. The minimum atomic E-state index is 0.364. The molecule has 0 radical (unpaired) electrons. The lowest BCUT2D eigenvalue weighted by atomic mass is 10.1. The van der Waals surface area contributed by atoms with E-state index < -0.39 is 0 Å². The summed E-state index contributed by atoms with van der Waals surface area (Å²) in [5.41, 5.74) is 2.37. The lowest BCUT2D eigenvalue weighted by Gasteiger charge is -2.10. The minimum absolute atomic E-state index is 0.364. The van der Waals surface area contributed by atoms with Crippen LogP contribution in [0.2, 0.25) is 0 Å². The van der Waals surface area contributed by atoms with Crippen molar-refractivity contribution in [3.63, 3.8) is 0 Å². The summed E-state index contributed by atoms with van der Waals surface area (Å²) in [5, 5.41) is 21.9. The second-order valence-electron chi connectivity index (χ2n) is 6.82. The summed E-state index contributed by atoms with van der Waals surface area (Å²) in [6, 6.07) is 13.3. The number of aromatic nitrogens is 4. The van der Waals surface area contributed by atoms with Crippen molar-refractivity contribution in [3.05, 3.63) is 71.8 Å². The molecule has 148 valence electrons. The van der Waals surface area contributed by atoms with Crippen molar-refractivity contribution >= 4 is 23.3 Å². The van der Waals surface area contributed by atoms with Gasteiger partial charge in [0.15, 0.2) is 5.82 Å². The first-order chi connectivity index (χ1) is 14.2. The zero-order valence-electron chi connectivity index (χ0n) is 16.1. The van der Waals surface area contributed by atoms with Crippen LogP contribution in [-0.2, 0) is 4.74 Å². The molecule has 3 aromatic rings. The maximum atomic E-state index is 8.21. The number of nitrogens with zero attached hydrogens (tertiary/aromatic N) is 3. The molecular weight excluding hydrogens is 366 g/mol. The Morgan fingerprint density at radius 1 is 1.24 bits per heavy atom. The summed E-state index contributed by atoms with van der Waals surface area (Å²) in [7, 11) is 1.58. The zero-order valence-corrected chi connectivity index (χ0v) is 16.1. The van der Waals surface area contributed by atoms with Crippen molar-refractivity contribution in [2.24, 2.45) is 0 Å². The number of hydrogen-bond donors (Lipinski definition) is 4. The molecule has 0 spiro atoms. The van der Waals surface area contributed by atoms with Gasteiger partial charge in [0.25, 0.3) is 0 Å². The average Bonchev–Trinajstić information content (AvgIpc) is 3.51. The van der Waals surface area contributed by atoms with Crippen molar-refractivity contribution in [2.45, 2.75) is 18.8 Å². The Labute approximate surface area is 169 Å². The number of nitrogens with one attached hydrogen (secondary N) is 4.